The molecule has 3 N–H and O–H groups in total. The van der Waals surface area contributed by atoms with Crippen LogP contribution in [0.5, 0.6) is 0 Å². The van der Waals surface area contributed by atoms with E-state index >= 15 is 0 Å². The van der Waals surface area contributed by atoms with E-state index in [1.807, 2.05) is 9.80 Å². The second-order valence-corrected chi connectivity index (χ2v) is 9.20. The van der Waals surface area contributed by atoms with E-state index in [9.17, 15) is 0 Å². The summed E-state index contributed by atoms with van der Waals surface area (Å²) in [5.41, 5.74) is 4.60. The third-order valence-corrected chi connectivity index (χ3v) is 8.29. The van der Waals surface area contributed by atoms with Gasteiger partial charge in [0, 0.05) is 23.7 Å². The lowest BCUT2D eigenvalue weighted by Crippen LogP contribution is -3.27. The fraction of sp³-hybridized carbons (Fsp3) is 0.565. The normalized spacial score (nSPS) is 40.7. The van der Waals surface area contributed by atoms with Crippen LogP contribution >= 0.6 is 0 Å². The molecule has 4 fully saturated rings. The first-order valence-corrected chi connectivity index (χ1v) is 10.8. The lowest BCUT2D eigenvalue weighted by molar-refractivity contribution is -1.01. The van der Waals surface area contributed by atoms with Crippen molar-refractivity contribution in [2.75, 3.05) is 19.6 Å². The van der Waals surface area contributed by atoms with Crippen LogP contribution in [0.3, 0.4) is 0 Å². The molecule has 7 rings (SSSR count). The molecule has 26 heavy (non-hydrogen) atoms. The fourth-order valence-electron chi connectivity index (χ4n) is 7.58. The first kappa shape index (κ1) is 15.5. The summed E-state index contributed by atoms with van der Waals surface area (Å²) in [7, 11) is 0. The minimum atomic E-state index is 0.712. The molecule has 136 valence electrons. The Morgan fingerprint density at radius 2 is 2.04 bits per heavy atom. The van der Waals surface area contributed by atoms with Gasteiger partial charge >= 0.3 is 0 Å². The maximum Gasteiger partial charge on any atom is 0.137 e. The third kappa shape index (κ3) is 1.96. The van der Waals surface area contributed by atoms with Crippen molar-refractivity contribution in [2.24, 2.45) is 11.8 Å². The van der Waals surface area contributed by atoms with Crippen LogP contribution < -0.4 is 9.80 Å². The van der Waals surface area contributed by atoms with Gasteiger partial charge in [0.1, 0.15) is 12.1 Å². The first-order valence-electron chi connectivity index (χ1n) is 10.8. The van der Waals surface area contributed by atoms with Gasteiger partial charge in [0.05, 0.1) is 43.2 Å². The summed E-state index contributed by atoms with van der Waals surface area (Å²) in [6.45, 7) is 7.93. The predicted octanol–water partition coefficient (Wildman–Crippen LogP) is 1.29. The number of nitrogens with one attached hydrogen (secondary N) is 3. The number of likely N-dealkylation sites (tertiary alicyclic amines) is 1. The minimum Gasteiger partial charge on any atom is -0.353 e. The Morgan fingerprint density at radius 1 is 1.12 bits per heavy atom. The quantitative estimate of drug-likeness (QED) is 0.681. The predicted molar refractivity (Wildman–Crippen MR) is 104 cm³/mol. The average molecular weight is 350 g/mol. The van der Waals surface area contributed by atoms with Crippen molar-refractivity contribution in [3.8, 4) is 0 Å². The Morgan fingerprint density at radius 3 is 2.96 bits per heavy atom. The molecule has 1 aliphatic carbocycles. The van der Waals surface area contributed by atoms with E-state index in [2.05, 4.69) is 41.9 Å². The zero-order valence-corrected chi connectivity index (χ0v) is 15.6. The van der Waals surface area contributed by atoms with Gasteiger partial charge in [0.15, 0.2) is 0 Å². The molecule has 4 aliphatic heterocycles. The SMILES string of the molecule is C=CC[NH+]1CCC[C@H]2[C@H]1[C@H]1CC[C@@H]2[NH+]2CCc3c([nH]c4ccccc34)[C@H]12. The maximum atomic E-state index is 4.07. The van der Waals surface area contributed by atoms with Gasteiger partial charge in [0.25, 0.3) is 0 Å². The summed E-state index contributed by atoms with van der Waals surface area (Å²) in [4.78, 5) is 7.67. The number of hydrogen-bond acceptors (Lipinski definition) is 0. The molecule has 3 saturated heterocycles. The molecule has 7 atom stereocenters. The number of hydrogen-bond donors (Lipinski definition) is 3. The lowest BCUT2D eigenvalue weighted by Gasteiger charge is -2.59. The topological polar surface area (TPSA) is 24.7 Å². The molecular weight excluding hydrogens is 318 g/mol. The Balaban J connectivity index is 1.47. The van der Waals surface area contributed by atoms with Crippen LogP contribution in [0.4, 0.5) is 0 Å². The van der Waals surface area contributed by atoms with E-state index in [0.717, 1.165) is 30.5 Å². The van der Waals surface area contributed by atoms with Gasteiger partial charge in [-0.05, 0) is 37.0 Å². The van der Waals surface area contributed by atoms with Gasteiger partial charge in [0.2, 0.25) is 0 Å². The molecule has 0 amide bonds. The van der Waals surface area contributed by atoms with Crippen molar-refractivity contribution < 1.29 is 9.80 Å². The van der Waals surface area contributed by atoms with Gasteiger partial charge in [-0.1, -0.05) is 24.8 Å². The molecule has 1 saturated carbocycles. The summed E-state index contributed by atoms with van der Waals surface area (Å²) in [6.07, 6.45) is 9.23. The fourth-order valence-corrected chi connectivity index (χ4v) is 7.58. The van der Waals surface area contributed by atoms with Crippen molar-refractivity contribution in [1.29, 1.82) is 0 Å². The Labute approximate surface area is 156 Å². The zero-order chi connectivity index (χ0) is 17.3. The summed E-state index contributed by atoms with van der Waals surface area (Å²) in [5, 5.41) is 1.48. The molecule has 1 aromatic carbocycles. The molecule has 2 unspecified atom stereocenters. The van der Waals surface area contributed by atoms with Crippen molar-refractivity contribution in [3.05, 3.63) is 48.2 Å². The highest BCUT2D eigenvalue weighted by Gasteiger charge is 2.62. The molecule has 0 radical (unpaired) electrons. The number of H-pyrrole nitrogens is 1. The molecule has 1 aromatic heterocycles. The molecule has 5 aliphatic rings. The molecular formula is C23H31N3+2. The van der Waals surface area contributed by atoms with Crippen LogP contribution in [0.1, 0.15) is 43.0 Å². The lowest BCUT2D eigenvalue weighted by atomic mass is 9.60. The number of fused-ring (bicyclic) bond motifs is 4. The van der Waals surface area contributed by atoms with E-state index in [1.54, 1.807) is 11.3 Å². The summed E-state index contributed by atoms with van der Waals surface area (Å²) in [5.74, 6) is 1.80. The number of piperidine rings is 3. The van der Waals surface area contributed by atoms with E-state index in [1.165, 1.54) is 56.1 Å². The Hall–Kier alpha value is -1.58. The molecule has 3 heteroatoms. The number of rotatable bonds is 2. The second-order valence-electron chi connectivity index (χ2n) is 9.20. The van der Waals surface area contributed by atoms with Crippen LogP contribution in [0.2, 0.25) is 0 Å². The van der Waals surface area contributed by atoms with Crippen molar-refractivity contribution in [3.63, 3.8) is 0 Å². The first-order chi connectivity index (χ1) is 12.9. The monoisotopic (exact) mass is 349 g/mol. The molecule has 2 aromatic rings. The van der Waals surface area contributed by atoms with Crippen LogP contribution in [-0.2, 0) is 6.42 Å². The van der Waals surface area contributed by atoms with E-state index in [0.29, 0.717) is 6.04 Å². The largest absolute Gasteiger partial charge is 0.353 e. The summed E-state index contributed by atoms with van der Waals surface area (Å²) >= 11 is 0. The van der Waals surface area contributed by atoms with Gasteiger partial charge in [-0.15, -0.1) is 0 Å². The molecule has 3 nitrogen and oxygen atoms in total. The highest BCUT2D eigenvalue weighted by atomic mass is 15.3. The maximum absolute atomic E-state index is 4.07. The van der Waals surface area contributed by atoms with E-state index in [-0.39, 0.29) is 0 Å². The number of aromatic nitrogens is 1. The third-order valence-electron chi connectivity index (χ3n) is 8.29. The Kier molecular flexibility index (Phi) is 3.40. The average Bonchev–Trinajstić information content (AvgIpc) is 3.08. The number of benzene rings is 1. The minimum absolute atomic E-state index is 0.712. The highest BCUT2D eigenvalue weighted by Crippen LogP contribution is 2.45. The molecule has 5 heterocycles. The van der Waals surface area contributed by atoms with Gasteiger partial charge in [-0.25, -0.2) is 0 Å². The van der Waals surface area contributed by atoms with Crippen LogP contribution in [0.15, 0.2) is 36.9 Å². The molecule has 2 bridgehead atoms. The highest BCUT2D eigenvalue weighted by molar-refractivity contribution is 5.85. The van der Waals surface area contributed by atoms with Crippen LogP contribution in [0.25, 0.3) is 10.9 Å². The molecule has 0 spiro atoms. The van der Waals surface area contributed by atoms with Crippen molar-refractivity contribution in [1.82, 2.24) is 4.98 Å². The van der Waals surface area contributed by atoms with Crippen molar-refractivity contribution in [2.45, 2.75) is 50.2 Å². The van der Waals surface area contributed by atoms with Crippen LogP contribution in [-0.4, -0.2) is 36.7 Å². The summed E-state index contributed by atoms with van der Waals surface area (Å²) < 4.78 is 0. The smallest absolute Gasteiger partial charge is 0.137 e. The number of para-hydroxylation sites is 1. The standard InChI is InChI=1S/C23H29N3/c1-2-12-25-13-5-7-17-20-10-9-18(22(17)25)23-21-16(11-14-26(20)23)15-6-3-4-8-19(15)24-21/h2-4,6,8,17-18,20,22-24H,1,5,7,9-14H2/p+2/t17-,18-,20+,22+,23+/m1/s1. The summed E-state index contributed by atoms with van der Waals surface area (Å²) in [6, 6.07) is 11.5. The van der Waals surface area contributed by atoms with E-state index < -0.39 is 0 Å². The second kappa shape index (κ2) is 5.71. The van der Waals surface area contributed by atoms with E-state index in [4.69, 9.17) is 0 Å². The number of aromatic amines is 1. The van der Waals surface area contributed by atoms with Gasteiger partial charge in [-0.3, -0.25) is 0 Å². The number of quaternary nitrogens is 2. The van der Waals surface area contributed by atoms with Crippen LogP contribution in [0, 0.1) is 11.8 Å². The Bertz CT molecular complexity index is 852. The van der Waals surface area contributed by atoms with Gasteiger partial charge < -0.3 is 14.8 Å². The van der Waals surface area contributed by atoms with Gasteiger partial charge in [-0.2, -0.15) is 0 Å². The zero-order valence-electron chi connectivity index (χ0n) is 15.6. The van der Waals surface area contributed by atoms with Crippen molar-refractivity contribution >= 4 is 10.9 Å².